The first kappa shape index (κ1) is 28.4. The van der Waals surface area contributed by atoms with E-state index >= 15 is 0 Å². The molecule has 2 aromatic rings. The molecule has 0 atom stereocenters. The van der Waals surface area contributed by atoms with Gasteiger partial charge in [0.25, 0.3) is 0 Å². The van der Waals surface area contributed by atoms with E-state index in [4.69, 9.17) is 0 Å². The monoisotopic (exact) mass is 477 g/mol. The second-order valence-electron chi connectivity index (χ2n) is 7.03. The van der Waals surface area contributed by atoms with Gasteiger partial charge in [-0.05, 0) is 25.5 Å². The summed E-state index contributed by atoms with van der Waals surface area (Å²) in [6.07, 6.45) is 0. The molecule has 0 radical (unpaired) electrons. The van der Waals surface area contributed by atoms with Gasteiger partial charge in [-0.25, -0.2) is 0 Å². The smallest absolute Gasteiger partial charge is 0.313 e. The molecule has 0 bridgehead atoms. The highest BCUT2D eigenvalue weighted by atomic mass is 35.5. The lowest BCUT2D eigenvalue weighted by atomic mass is 10.2. The van der Waals surface area contributed by atoms with Gasteiger partial charge in [0, 0.05) is 51.5 Å². The quantitative estimate of drug-likeness (QED) is 0.477. The van der Waals surface area contributed by atoms with Crippen LogP contribution in [0, 0.1) is 24.0 Å². The Morgan fingerprint density at radius 3 is 2.23 bits per heavy atom. The summed E-state index contributed by atoms with van der Waals surface area (Å²) in [6.45, 7) is 10.2. The van der Waals surface area contributed by atoms with Crippen molar-refractivity contribution in [2.75, 3.05) is 44.6 Å². The zero-order chi connectivity index (χ0) is 19.2. The molecule has 1 saturated heterocycles. The number of aryl methyl sites for hydroxylation is 2. The zero-order valence-corrected chi connectivity index (χ0v) is 19.7. The predicted octanol–water partition coefficient (Wildman–Crippen LogP) is 4.10. The Labute approximate surface area is 196 Å². The Hall–Kier alpha value is -1.64. The molecule has 3 rings (SSSR count). The van der Waals surface area contributed by atoms with Crippen molar-refractivity contribution in [1.82, 2.24) is 14.8 Å². The van der Waals surface area contributed by atoms with E-state index < -0.39 is 0 Å². The first-order valence-electron chi connectivity index (χ1n) is 9.38. The fraction of sp³-hybridized carbons (Fsp3) is 0.450. The fourth-order valence-electron chi connectivity index (χ4n) is 3.55. The Kier molecular flexibility index (Phi) is 12.9. The van der Waals surface area contributed by atoms with Crippen LogP contribution in [0.3, 0.4) is 0 Å². The molecule has 0 unspecified atom stereocenters. The lowest BCUT2D eigenvalue weighted by Gasteiger charge is -2.34. The van der Waals surface area contributed by atoms with E-state index in [2.05, 4.69) is 44.4 Å². The number of nitrogens with zero attached hydrogens (tertiary/aromatic N) is 4. The van der Waals surface area contributed by atoms with Crippen LogP contribution < -0.4 is 5.32 Å². The minimum Gasteiger partial charge on any atom is -0.378 e. The summed E-state index contributed by atoms with van der Waals surface area (Å²) in [5.41, 5.74) is 3.23. The number of halogens is 3. The molecule has 10 heteroatoms. The van der Waals surface area contributed by atoms with Crippen molar-refractivity contribution in [1.29, 1.82) is 0 Å². The van der Waals surface area contributed by atoms with Gasteiger partial charge in [0.1, 0.15) is 11.4 Å². The van der Waals surface area contributed by atoms with Crippen molar-refractivity contribution < 1.29 is 4.92 Å². The molecular formula is C20H30Cl3N5O2. The van der Waals surface area contributed by atoms with Gasteiger partial charge in [0.15, 0.2) is 0 Å². The number of nitro groups is 1. The van der Waals surface area contributed by atoms with Gasteiger partial charge in [-0.1, -0.05) is 30.3 Å². The maximum Gasteiger partial charge on any atom is 0.313 e. The highest BCUT2D eigenvalue weighted by Crippen LogP contribution is 2.27. The van der Waals surface area contributed by atoms with E-state index in [1.54, 1.807) is 13.0 Å². The minimum absolute atomic E-state index is 0. The van der Waals surface area contributed by atoms with Gasteiger partial charge in [-0.3, -0.25) is 24.9 Å². The third-order valence-corrected chi connectivity index (χ3v) is 4.94. The third-order valence-electron chi connectivity index (χ3n) is 4.94. The Bertz CT molecular complexity index is 788. The lowest BCUT2D eigenvalue weighted by molar-refractivity contribution is -0.384. The normalized spacial score (nSPS) is 14.1. The largest absolute Gasteiger partial charge is 0.378 e. The Morgan fingerprint density at radius 2 is 1.63 bits per heavy atom. The maximum atomic E-state index is 11.3. The van der Waals surface area contributed by atoms with Crippen LogP contribution in [0.4, 0.5) is 11.4 Å². The molecule has 0 saturated carbocycles. The second kappa shape index (κ2) is 13.6. The highest BCUT2D eigenvalue weighted by Gasteiger charge is 2.20. The average molecular weight is 479 g/mol. The zero-order valence-electron chi connectivity index (χ0n) is 17.2. The molecule has 7 nitrogen and oxygen atoms in total. The molecule has 1 aliphatic heterocycles. The minimum atomic E-state index is -0.355. The van der Waals surface area contributed by atoms with Gasteiger partial charge in [-0.15, -0.1) is 37.2 Å². The van der Waals surface area contributed by atoms with E-state index in [1.165, 1.54) is 5.56 Å². The molecule has 1 aromatic carbocycles. The number of nitrogens with one attached hydrogen (secondary N) is 1. The van der Waals surface area contributed by atoms with Crippen LogP contribution in [0.1, 0.15) is 17.0 Å². The molecule has 1 aromatic heterocycles. The number of aromatic nitrogens is 1. The van der Waals surface area contributed by atoms with E-state index in [-0.39, 0.29) is 47.8 Å². The number of benzene rings is 1. The van der Waals surface area contributed by atoms with Crippen molar-refractivity contribution in [2.24, 2.45) is 0 Å². The van der Waals surface area contributed by atoms with Crippen LogP contribution in [-0.4, -0.2) is 59.0 Å². The van der Waals surface area contributed by atoms with Crippen molar-refractivity contribution in [3.8, 4) is 0 Å². The average Bonchev–Trinajstić information content (AvgIpc) is 2.63. The summed E-state index contributed by atoms with van der Waals surface area (Å²) < 4.78 is 0. The number of hydrogen-bond donors (Lipinski definition) is 1. The third kappa shape index (κ3) is 7.89. The second-order valence-corrected chi connectivity index (χ2v) is 7.03. The maximum absolute atomic E-state index is 11.3. The molecular weight excluding hydrogens is 449 g/mol. The van der Waals surface area contributed by atoms with Gasteiger partial charge in [0.05, 0.1) is 4.92 Å². The standard InChI is InChI=1S/C20H27N5O2.3ClH/c1-16-14-19(20(25(26)27)17(2)22-16)21-8-9-23-10-12-24(13-11-23)15-18-6-4-3-5-7-18;;;/h3-7,14H,8-13,15H2,1-2H3,(H,21,22);3*1H. The van der Waals surface area contributed by atoms with E-state index in [0.29, 0.717) is 17.9 Å². The molecule has 0 aliphatic carbocycles. The van der Waals surface area contributed by atoms with Crippen LogP contribution >= 0.6 is 37.2 Å². The summed E-state index contributed by atoms with van der Waals surface area (Å²) in [7, 11) is 0. The fourth-order valence-corrected chi connectivity index (χ4v) is 3.55. The highest BCUT2D eigenvalue weighted by molar-refractivity contribution is 5.86. The van der Waals surface area contributed by atoms with E-state index in [9.17, 15) is 10.1 Å². The van der Waals surface area contributed by atoms with Crippen LogP contribution in [0.25, 0.3) is 0 Å². The molecule has 168 valence electrons. The SMILES string of the molecule is Cc1cc(NCCN2CCN(Cc3ccccc3)CC2)c([N+](=O)[O-])c(C)n1.Cl.Cl.Cl. The van der Waals surface area contributed by atoms with E-state index in [1.807, 2.05) is 13.0 Å². The summed E-state index contributed by atoms with van der Waals surface area (Å²) >= 11 is 0. The molecule has 2 heterocycles. The van der Waals surface area contributed by atoms with Crippen LogP contribution in [-0.2, 0) is 6.54 Å². The Morgan fingerprint density at radius 1 is 1.03 bits per heavy atom. The number of rotatable bonds is 7. The predicted molar refractivity (Wildman–Crippen MR) is 129 cm³/mol. The van der Waals surface area contributed by atoms with Gasteiger partial charge < -0.3 is 5.32 Å². The lowest BCUT2D eigenvalue weighted by Crippen LogP contribution is -2.47. The number of anilines is 1. The number of piperazine rings is 1. The number of hydrogen-bond acceptors (Lipinski definition) is 6. The van der Waals surface area contributed by atoms with Gasteiger partial charge in [0.2, 0.25) is 0 Å². The molecule has 1 fully saturated rings. The summed E-state index contributed by atoms with van der Waals surface area (Å²) in [5, 5.41) is 14.6. The molecule has 0 amide bonds. The molecule has 30 heavy (non-hydrogen) atoms. The van der Waals surface area contributed by atoms with Gasteiger partial charge in [-0.2, -0.15) is 0 Å². The van der Waals surface area contributed by atoms with Crippen LogP contribution in [0.5, 0.6) is 0 Å². The van der Waals surface area contributed by atoms with Crippen molar-refractivity contribution in [2.45, 2.75) is 20.4 Å². The summed E-state index contributed by atoms with van der Waals surface area (Å²) in [6, 6.07) is 12.3. The van der Waals surface area contributed by atoms with Crippen molar-refractivity contribution >= 4 is 48.6 Å². The van der Waals surface area contributed by atoms with E-state index in [0.717, 1.165) is 45.0 Å². The molecule has 1 aliphatic rings. The van der Waals surface area contributed by atoms with Crippen molar-refractivity contribution in [3.05, 3.63) is 63.5 Å². The van der Waals surface area contributed by atoms with Crippen LogP contribution in [0.15, 0.2) is 36.4 Å². The van der Waals surface area contributed by atoms with Crippen molar-refractivity contribution in [3.63, 3.8) is 0 Å². The first-order valence-corrected chi connectivity index (χ1v) is 9.38. The topological polar surface area (TPSA) is 74.5 Å². The molecule has 0 spiro atoms. The van der Waals surface area contributed by atoms with Gasteiger partial charge >= 0.3 is 5.69 Å². The number of pyridine rings is 1. The summed E-state index contributed by atoms with van der Waals surface area (Å²) in [4.78, 5) is 20.0. The summed E-state index contributed by atoms with van der Waals surface area (Å²) in [5.74, 6) is 0. The Balaban J connectivity index is 0.00000280. The van der Waals surface area contributed by atoms with Crippen LogP contribution in [0.2, 0.25) is 0 Å². The molecule has 1 N–H and O–H groups in total. The first-order chi connectivity index (χ1) is 13.0.